The van der Waals surface area contributed by atoms with Crippen LogP contribution in [0, 0.1) is 59.2 Å². The quantitative estimate of drug-likeness (QED) is 0.0866. The van der Waals surface area contributed by atoms with Crippen LogP contribution in [0.4, 0.5) is 11.4 Å². The Morgan fingerprint density at radius 3 is 1.51 bits per heavy atom. The highest BCUT2D eigenvalue weighted by Crippen LogP contribution is 2.32. The summed E-state index contributed by atoms with van der Waals surface area (Å²) >= 11 is 0. The molecule has 1 fully saturated rings. The highest BCUT2D eigenvalue weighted by molar-refractivity contribution is 6.00. The number of H-pyrrole nitrogens is 1. The highest BCUT2D eigenvalue weighted by atomic mass is 16.3. The number of hydrogen-bond donors (Lipinski definition) is 5. The predicted molar refractivity (Wildman–Crippen MR) is 387 cm³/mol. The number of nitrogens with two attached hydrogens (primary N) is 2. The molecule has 7 N–H and O–H groups in total. The van der Waals surface area contributed by atoms with Crippen molar-refractivity contribution < 1.29 is 57.8 Å². The number of benzene rings is 2. The van der Waals surface area contributed by atoms with Crippen molar-refractivity contribution in [3.8, 4) is 11.1 Å². The van der Waals surface area contributed by atoms with E-state index in [0.717, 1.165) is 16.0 Å². The second-order valence-corrected chi connectivity index (χ2v) is 30.7. The summed E-state index contributed by atoms with van der Waals surface area (Å²) in [4.78, 5) is 180. The number of aliphatic hydroxyl groups is 1. The minimum Gasteiger partial charge on any atom is -0.397 e. The van der Waals surface area contributed by atoms with E-state index in [2.05, 4.69) is 10.3 Å². The van der Waals surface area contributed by atoms with Crippen LogP contribution in [0.5, 0.6) is 0 Å². The fourth-order valence-corrected chi connectivity index (χ4v) is 13.5. The third kappa shape index (κ3) is 21.6. The Hall–Kier alpha value is -7.76. The van der Waals surface area contributed by atoms with Gasteiger partial charge in [0.1, 0.15) is 36.0 Å². The molecule has 1 aliphatic heterocycles. The van der Waals surface area contributed by atoms with Crippen LogP contribution in [0.3, 0.4) is 0 Å². The zero-order valence-corrected chi connectivity index (χ0v) is 63.6. The lowest BCUT2D eigenvalue weighted by Crippen LogP contribution is -2.62. The van der Waals surface area contributed by atoms with Crippen LogP contribution in [0.1, 0.15) is 168 Å². The molecule has 0 saturated carbocycles. The third-order valence-corrected chi connectivity index (χ3v) is 19.8. The van der Waals surface area contributed by atoms with Crippen LogP contribution < -0.4 is 16.8 Å². The summed E-state index contributed by atoms with van der Waals surface area (Å²) in [5.74, 6) is -11.1. The minimum absolute atomic E-state index is 0.0813. The summed E-state index contributed by atoms with van der Waals surface area (Å²) in [6, 6.07) is 2.54. The number of rotatable bonds is 16. The van der Waals surface area contributed by atoms with Crippen molar-refractivity contribution >= 4 is 87.0 Å². The molecule has 552 valence electrons. The molecule has 1 aliphatic rings. The SMILES string of the molecule is CC[C@@H]1CC(=O)[C@H]([C@H](O)[C@H](C)Cc2nc3ccc(-c4ccc(N)c(N)c4)cc3[nH]2)N(C)C(=O)[C@H](C(C)C)N(C)C(=O)[C@H](CC(C)C)N(C)C(=O)[C@H](CC(C)C)N(C)C(=O)[C@@H](C)NC(=O)[C@H](C)CC(=O)[C@H](CC(C)C)N(C)C(=O)[C@H](C(C)C)CC(=O)[C@H](CC(C)C)N(C)C(=O)CN(C)C1=O. The Morgan fingerprint density at radius 2 is 0.990 bits per heavy atom. The second-order valence-electron chi connectivity index (χ2n) is 30.7. The molecule has 2 heterocycles. The van der Waals surface area contributed by atoms with Crippen molar-refractivity contribution in [3.05, 3.63) is 42.2 Å². The monoisotopic (exact) mass is 1380 g/mol. The van der Waals surface area contributed by atoms with Gasteiger partial charge in [-0.3, -0.25) is 52.7 Å². The molecule has 3 aromatic rings. The van der Waals surface area contributed by atoms with Crippen LogP contribution in [-0.4, -0.2) is 218 Å². The summed E-state index contributed by atoms with van der Waals surface area (Å²) in [5.41, 5.74) is 16.0. The fourth-order valence-electron chi connectivity index (χ4n) is 13.5. The zero-order chi connectivity index (χ0) is 75.3. The summed E-state index contributed by atoms with van der Waals surface area (Å²) < 4.78 is 0. The molecule has 12 atom stereocenters. The summed E-state index contributed by atoms with van der Waals surface area (Å²) in [6.45, 7) is 28.2. The number of amides is 8. The number of ketones is 3. The van der Waals surface area contributed by atoms with Gasteiger partial charge in [-0.1, -0.05) is 116 Å². The van der Waals surface area contributed by atoms with E-state index in [4.69, 9.17) is 16.5 Å². The number of aliphatic hydroxyl groups excluding tert-OH is 1. The smallest absolute Gasteiger partial charge is 0.246 e. The highest BCUT2D eigenvalue weighted by Gasteiger charge is 2.46. The molecule has 0 spiro atoms. The maximum absolute atomic E-state index is 15.6. The first kappa shape index (κ1) is 83.7. The Kier molecular flexibility index (Phi) is 30.9. The number of aromatic amines is 1. The summed E-state index contributed by atoms with van der Waals surface area (Å²) in [5, 5.41) is 15.5. The maximum atomic E-state index is 15.6. The number of carbonyl (C=O) groups is 11. The molecule has 0 aliphatic carbocycles. The van der Waals surface area contributed by atoms with Crippen LogP contribution in [-0.2, 0) is 59.2 Å². The van der Waals surface area contributed by atoms with Crippen LogP contribution >= 0.6 is 0 Å². The molecule has 2 aromatic carbocycles. The summed E-state index contributed by atoms with van der Waals surface area (Å²) in [6.07, 6.45) is -1.74. The Bertz CT molecular complexity index is 3340. The topological polar surface area (TPSA) is 323 Å². The molecule has 0 radical (unpaired) electrons. The van der Waals surface area contributed by atoms with E-state index in [1.54, 1.807) is 60.6 Å². The van der Waals surface area contributed by atoms with Gasteiger partial charge < -0.3 is 61.2 Å². The lowest BCUT2D eigenvalue weighted by atomic mass is 9.84. The molecule has 0 unspecified atom stereocenters. The van der Waals surface area contributed by atoms with E-state index < -0.39 is 161 Å². The molecular formula is C75H120N12O12. The number of imidazole rings is 1. The van der Waals surface area contributed by atoms with Crippen molar-refractivity contribution in [2.75, 3.05) is 67.3 Å². The van der Waals surface area contributed by atoms with Crippen LogP contribution in [0.2, 0.25) is 0 Å². The van der Waals surface area contributed by atoms with E-state index in [-0.39, 0.29) is 75.0 Å². The lowest BCUT2D eigenvalue weighted by molar-refractivity contribution is -0.157. The van der Waals surface area contributed by atoms with Crippen molar-refractivity contribution in [2.24, 2.45) is 59.2 Å². The number of Topliss-reactive ketones (excluding diaryl/α,β-unsaturated/α-hetero) is 3. The van der Waals surface area contributed by atoms with Gasteiger partial charge in [-0.15, -0.1) is 0 Å². The van der Waals surface area contributed by atoms with Crippen molar-refractivity contribution in [1.29, 1.82) is 0 Å². The van der Waals surface area contributed by atoms with E-state index in [9.17, 15) is 38.7 Å². The molecule has 4 rings (SSSR count). The van der Waals surface area contributed by atoms with E-state index >= 15 is 19.2 Å². The zero-order valence-electron chi connectivity index (χ0n) is 63.6. The van der Waals surface area contributed by atoms with Gasteiger partial charge in [0.25, 0.3) is 0 Å². The first-order chi connectivity index (χ1) is 46.0. The standard InChI is InChI=1S/C75H120N12O12/c1-24-49-37-63(90)67(68(92)46(14)34-64-79-55-28-26-51(36-56(55)80-64)50-25-27-53(76)54(77)35-50)87(23)75(99)66(45(12)13)86(22)74(98)60(32-43(8)9)85(21)73(97)59(31-42(6)7)84(20)70(94)48(16)78-69(93)47(15)33-61(88)58(30-41(4)5)83(19)72(96)52(44(10)11)38-62(89)57(29-40(2)3)82(18)65(91)39-81(17)71(49)95/h25-28,35-36,40-49,52,57-60,66-68,92H,24,29-34,37-39,76-77H2,1-23H3,(H,78,93)(H,79,80)/t46-,47-,48-,49-,52+,57+,58+,59+,60+,66+,67-,68-/m1/s1. The number of likely N-dealkylation sites (N-methyl/N-ethyl adjacent to an activating group) is 7. The molecule has 1 aromatic heterocycles. The van der Waals surface area contributed by atoms with Crippen molar-refractivity contribution in [1.82, 2.24) is 49.6 Å². The molecule has 24 heteroatoms. The second kappa shape index (κ2) is 36.5. The molecular weight excluding hydrogens is 1260 g/mol. The van der Waals surface area contributed by atoms with Gasteiger partial charge in [0.05, 0.1) is 47.1 Å². The van der Waals surface area contributed by atoms with Gasteiger partial charge >= 0.3 is 0 Å². The molecule has 99 heavy (non-hydrogen) atoms. The van der Waals surface area contributed by atoms with Gasteiger partial charge in [0.15, 0.2) is 17.3 Å². The first-order valence-electron chi connectivity index (χ1n) is 35.5. The van der Waals surface area contributed by atoms with Crippen molar-refractivity contribution in [2.45, 2.75) is 217 Å². The van der Waals surface area contributed by atoms with Crippen LogP contribution in [0.15, 0.2) is 36.4 Å². The molecule has 24 nitrogen and oxygen atoms in total. The van der Waals surface area contributed by atoms with Gasteiger partial charge in [0, 0.05) is 92.8 Å². The normalized spacial score (nSPS) is 24.9. The number of anilines is 2. The molecule has 0 bridgehead atoms. The van der Waals surface area contributed by atoms with Gasteiger partial charge in [-0.2, -0.15) is 0 Å². The minimum atomic E-state index is -1.62. The van der Waals surface area contributed by atoms with E-state index in [0.29, 0.717) is 28.2 Å². The van der Waals surface area contributed by atoms with Crippen LogP contribution in [0.25, 0.3) is 22.2 Å². The average molecular weight is 1380 g/mol. The lowest BCUT2D eigenvalue weighted by Gasteiger charge is -2.41. The number of nitrogens with zero attached hydrogens (tertiary/aromatic N) is 8. The number of nitrogen functional groups attached to an aromatic ring is 2. The van der Waals surface area contributed by atoms with E-state index in [1.165, 1.54) is 85.7 Å². The molecule has 8 amide bonds. The Balaban J connectivity index is 1.92. The maximum Gasteiger partial charge on any atom is 0.246 e. The Labute approximate surface area is 588 Å². The average Bonchev–Trinajstić information content (AvgIpc) is 1.79. The molecule has 1 saturated heterocycles. The number of fused-ring (bicyclic) bond motifs is 1. The first-order valence-corrected chi connectivity index (χ1v) is 35.5. The summed E-state index contributed by atoms with van der Waals surface area (Å²) in [7, 11) is 10.2. The predicted octanol–water partition coefficient (Wildman–Crippen LogP) is 7.53. The Morgan fingerprint density at radius 1 is 0.515 bits per heavy atom. The van der Waals surface area contributed by atoms with Crippen molar-refractivity contribution in [3.63, 3.8) is 0 Å². The number of nitrogens with one attached hydrogen (secondary N) is 2. The van der Waals surface area contributed by atoms with E-state index in [1.807, 2.05) is 79.7 Å². The largest absolute Gasteiger partial charge is 0.397 e. The number of carbonyl (C=O) groups excluding carboxylic acids is 11. The number of aromatic nitrogens is 2. The fraction of sp³-hybridized carbons (Fsp3) is 0.680. The van der Waals surface area contributed by atoms with Gasteiger partial charge in [-0.05, 0) is 116 Å². The number of hydrogen-bond acceptors (Lipinski definition) is 15. The van der Waals surface area contributed by atoms with Gasteiger partial charge in [-0.25, -0.2) is 4.98 Å². The van der Waals surface area contributed by atoms with Gasteiger partial charge in [0.2, 0.25) is 47.3 Å². The third-order valence-electron chi connectivity index (χ3n) is 19.8.